The quantitative estimate of drug-likeness (QED) is 0.380. The lowest BCUT2D eigenvalue weighted by Gasteiger charge is -2.45. The number of phenols is 2. The van der Waals surface area contributed by atoms with E-state index in [2.05, 4.69) is 29.3 Å². The minimum Gasteiger partial charge on any atom is -0.504 e. The first-order chi connectivity index (χ1) is 17.6. The molecule has 5 nitrogen and oxygen atoms in total. The number of methoxy groups -OCH3 is 1. The molecule has 2 aromatic rings. The fraction of sp³-hybridized carbons (Fsp3) is 0.613. The molecule has 0 spiro atoms. The summed E-state index contributed by atoms with van der Waals surface area (Å²) in [6.07, 6.45) is 12.3. The number of rotatable bonds is 2. The second-order valence-corrected chi connectivity index (χ2v) is 11.7. The van der Waals surface area contributed by atoms with Crippen molar-refractivity contribution in [1.29, 1.82) is 0 Å². The summed E-state index contributed by atoms with van der Waals surface area (Å²) in [6, 6.07) is 10.4. The predicted octanol–water partition coefficient (Wildman–Crippen LogP) is 6.12. The maximum absolute atomic E-state index is 10.1. The van der Waals surface area contributed by atoms with Gasteiger partial charge < -0.3 is 20.3 Å². The van der Waals surface area contributed by atoms with Gasteiger partial charge in [0.1, 0.15) is 5.75 Å². The summed E-state index contributed by atoms with van der Waals surface area (Å²) in [6.45, 7) is 4.59. The highest BCUT2D eigenvalue weighted by Crippen LogP contribution is 2.48. The van der Waals surface area contributed by atoms with Crippen molar-refractivity contribution in [3.05, 3.63) is 52.1 Å². The van der Waals surface area contributed by atoms with Gasteiger partial charge in [-0.25, -0.2) is 0 Å². The summed E-state index contributed by atoms with van der Waals surface area (Å²) in [5, 5.41) is 23.4. The minimum absolute atomic E-state index is 0. The standard InChI is InChI=1S/C16H21NO2.C15H21NO.BrH/c18-15-8-6-11-12-2-1-9-17(10-3-4-10)14(12)7-5-13(11)16(15)19;1-10-5-6-11-12-4-3-9-16-14(12)8-7-13(11)15(10)17-2;/h6,8,10,12,14,18-19H,1-5,7,9H2;5-6,12,14,16H,3-4,7-9H2,1-2H3;1H/t2*12-,14-;/m00./s1. The highest BCUT2D eigenvalue weighted by atomic mass is 79.9. The van der Waals surface area contributed by atoms with Crippen LogP contribution in [-0.4, -0.2) is 53.4 Å². The second-order valence-electron chi connectivity index (χ2n) is 11.7. The first kappa shape index (κ1) is 26.8. The molecule has 1 saturated carbocycles. The predicted molar refractivity (Wildman–Crippen MR) is 154 cm³/mol. The molecule has 202 valence electrons. The van der Waals surface area contributed by atoms with E-state index in [0.717, 1.165) is 36.6 Å². The SMILES string of the molecule is Br.COc1c(C)ccc2c1CC[C@@H]1NCCC[C@@H]21.Oc1ccc2c(c1O)CC[C@H]1[C@H]2CCCN1C1CC1. The number of fused-ring (bicyclic) bond motifs is 6. The van der Waals surface area contributed by atoms with Crippen molar-refractivity contribution in [2.75, 3.05) is 20.2 Å². The lowest BCUT2D eigenvalue weighted by Crippen LogP contribution is -2.47. The Morgan fingerprint density at radius 1 is 0.865 bits per heavy atom. The Labute approximate surface area is 232 Å². The van der Waals surface area contributed by atoms with Crippen molar-refractivity contribution < 1.29 is 14.9 Å². The highest BCUT2D eigenvalue weighted by Gasteiger charge is 2.42. The molecule has 37 heavy (non-hydrogen) atoms. The molecule has 6 heteroatoms. The largest absolute Gasteiger partial charge is 0.504 e. The van der Waals surface area contributed by atoms with Crippen molar-refractivity contribution >= 4 is 17.0 Å². The van der Waals surface area contributed by atoms with Crippen LogP contribution in [0.1, 0.15) is 91.0 Å². The number of hydrogen-bond donors (Lipinski definition) is 3. The van der Waals surface area contributed by atoms with Crippen molar-refractivity contribution in [2.24, 2.45) is 0 Å². The van der Waals surface area contributed by atoms with E-state index in [9.17, 15) is 10.2 Å². The molecule has 0 aromatic heterocycles. The van der Waals surface area contributed by atoms with Gasteiger partial charge in [-0.3, -0.25) is 4.90 Å². The molecule has 3 N–H and O–H groups in total. The molecular formula is C31H43BrN2O3. The van der Waals surface area contributed by atoms with Crippen LogP contribution < -0.4 is 10.1 Å². The number of nitrogens with one attached hydrogen (secondary N) is 1. The van der Waals surface area contributed by atoms with E-state index in [1.165, 1.54) is 80.3 Å². The number of nitrogens with zero attached hydrogens (tertiary/aromatic N) is 1. The number of likely N-dealkylation sites (tertiary alicyclic amines) is 1. The molecule has 2 saturated heterocycles. The van der Waals surface area contributed by atoms with Gasteiger partial charge in [0.25, 0.3) is 0 Å². The van der Waals surface area contributed by atoms with Gasteiger partial charge in [-0.15, -0.1) is 17.0 Å². The lowest BCUT2D eigenvalue weighted by atomic mass is 9.74. The van der Waals surface area contributed by atoms with Crippen molar-refractivity contribution in [3.63, 3.8) is 0 Å². The molecule has 2 heterocycles. The van der Waals surface area contributed by atoms with E-state index in [1.807, 2.05) is 6.07 Å². The normalized spacial score (nSPS) is 28.3. The molecular weight excluding hydrogens is 528 g/mol. The number of ether oxygens (including phenoxy) is 1. The zero-order valence-corrected chi connectivity index (χ0v) is 24.1. The van der Waals surface area contributed by atoms with Crippen molar-refractivity contribution in [1.82, 2.24) is 10.2 Å². The third-order valence-electron chi connectivity index (χ3n) is 9.61. The minimum atomic E-state index is 0. The van der Waals surface area contributed by atoms with Crippen LogP contribution in [0.15, 0.2) is 24.3 Å². The van der Waals surface area contributed by atoms with Crippen LogP contribution in [0.25, 0.3) is 0 Å². The third-order valence-corrected chi connectivity index (χ3v) is 9.61. The molecule has 0 radical (unpaired) electrons. The number of hydrogen-bond acceptors (Lipinski definition) is 5. The average molecular weight is 572 g/mol. The molecule has 3 aliphatic carbocycles. The number of piperidine rings is 2. The fourth-order valence-electron chi connectivity index (χ4n) is 7.79. The van der Waals surface area contributed by atoms with Gasteiger partial charge in [0, 0.05) is 23.7 Å². The van der Waals surface area contributed by atoms with Crippen LogP contribution in [0, 0.1) is 6.92 Å². The molecule has 2 aliphatic heterocycles. The Kier molecular flexibility index (Phi) is 8.09. The third kappa shape index (κ3) is 5.02. The summed E-state index contributed by atoms with van der Waals surface area (Å²) in [7, 11) is 1.80. The summed E-state index contributed by atoms with van der Waals surface area (Å²) >= 11 is 0. The monoisotopic (exact) mass is 570 g/mol. The number of aryl methyl sites for hydroxylation is 1. The molecule has 5 aliphatic rings. The topological polar surface area (TPSA) is 65.0 Å². The van der Waals surface area contributed by atoms with Crippen LogP contribution in [0.5, 0.6) is 17.2 Å². The molecule has 3 fully saturated rings. The van der Waals surface area contributed by atoms with Gasteiger partial charge >= 0.3 is 0 Å². The van der Waals surface area contributed by atoms with E-state index in [4.69, 9.17) is 4.74 Å². The first-order valence-electron chi connectivity index (χ1n) is 14.3. The molecule has 7 rings (SSSR count). The Morgan fingerprint density at radius 2 is 1.59 bits per heavy atom. The number of benzene rings is 2. The van der Waals surface area contributed by atoms with Gasteiger partial charge in [0.2, 0.25) is 0 Å². The van der Waals surface area contributed by atoms with Crippen LogP contribution >= 0.6 is 17.0 Å². The lowest BCUT2D eigenvalue weighted by molar-refractivity contribution is 0.104. The van der Waals surface area contributed by atoms with E-state index >= 15 is 0 Å². The van der Waals surface area contributed by atoms with Gasteiger partial charge in [-0.2, -0.15) is 0 Å². The van der Waals surface area contributed by atoms with Crippen molar-refractivity contribution in [3.8, 4) is 17.2 Å². The zero-order chi connectivity index (χ0) is 24.8. The Morgan fingerprint density at radius 3 is 2.38 bits per heavy atom. The van der Waals surface area contributed by atoms with Gasteiger partial charge in [0.05, 0.1) is 7.11 Å². The van der Waals surface area contributed by atoms with E-state index in [1.54, 1.807) is 13.2 Å². The molecule has 0 bridgehead atoms. The maximum Gasteiger partial charge on any atom is 0.160 e. The zero-order valence-electron chi connectivity index (χ0n) is 22.3. The molecule has 4 atom stereocenters. The smallest absolute Gasteiger partial charge is 0.160 e. The molecule has 0 unspecified atom stereocenters. The summed E-state index contributed by atoms with van der Waals surface area (Å²) in [5.41, 5.74) is 6.57. The number of halogens is 1. The Hall–Kier alpha value is -1.76. The van der Waals surface area contributed by atoms with E-state index in [-0.39, 0.29) is 28.5 Å². The molecule has 0 amide bonds. The fourth-order valence-corrected chi connectivity index (χ4v) is 7.79. The van der Waals surface area contributed by atoms with E-state index < -0.39 is 0 Å². The maximum atomic E-state index is 10.1. The van der Waals surface area contributed by atoms with Gasteiger partial charge in [0.15, 0.2) is 11.5 Å². The summed E-state index contributed by atoms with van der Waals surface area (Å²) in [4.78, 5) is 2.72. The first-order valence-corrected chi connectivity index (χ1v) is 14.3. The second kappa shape index (κ2) is 11.2. The number of aromatic hydroxyl groups is 2. The van der Waals surface area contributed by atoms with Crippen LogP contribution in [0.3, 0.4) is 0 Å². The van der Waals surface area contributed by atoms with Crippen LogP contribution in [-0.2, 0) is 12.8 Å². The van der Waals surface area contributed by atoms with Crippen LogP contribution in [0.2, 0.25) is 0 Å². The Balaban J connectivity index is 0.000000148. The summed E-state index contributed by atoms with van der Waals surface area (Å²) < 4.78 is 5.60. The average Bonchev–Trinajstić information content (AvgIpc) is 3.76. The Bertz CT molecular complexity index is 1120. The number of phenolic OH excluding ortho intramolecular Hbond substituents is 2. The highest BCUT2D eigenvalue weighted by molar-refractivity contribution is 8.93. The van der Waals surface area contributed by atoms with Gasteiger partial charge in [-0.05, 0) is 124 Å². The van der Waals surface area contributed by atoms with E-state index in [0.29, 0.717) is 23.9 Å². The van der Waals surface area contributed by atoms with Gasteiger partial charge in [-0.1, -0.05) is 18.2 Å². The molecule has 2 aromatic carbocycles. The summed E-state index contributed by atoms with van der Waals surface area (Å²) in [5.74, 6) is 2.56. The van der Waals surface area contributed by atoms with Crippen molar-refractivity contribution in [2.45, 2.75) is 101 Å². The van der Waals surface area contributed by atoms with Crippen LogP contribution in [0.4, 0.5) is 0 Å².